The van der Waals surface area contributed by atoms with Crippen LogP contribution in [-0.4, -0.2) is 16.1 Å². The molecule has 5 heteroatoms. The zero-order valence-electron chi connectivity index (χ0n) is 6.32. The van der Waals surface area contributed by atoms with Crippen LogP contribution in [0.3, 0.4) is 0 Å². The highest BCUT2D eigenvalue weighted by Gasteiger charge is 2.08. The Labute approximate surface area is 77.8 Å². The van der Waals surface area contributed by atoms with Gasteiger partial charge in [0.25, 0.3) is 0 Å². The summed E-state index contributed by atoms with van der Waals surface area (Å²) in [6.07, 6.45) is 0. The van der Waals surface area contributed by atoms with E-state index >= 15 is 0 Å². The van der Waals surface area contributed by atoms with Crippen molar-refractivity contribution in [3.63, 3.8) is 0 Å². The summed E-state index contributed by atoms with van der Waals surface area (Å²) in [6.45, 7) is 0. The maximum absolute atomic E-state index is 10.5. The molecule has 0 spiro atoms. The van der Waals surface area contributed by atoms with Crippen molar-refractivity contribution in [1.29, 1.82) is 0 Å². The molecule has 0 bridgehead atoms. The molecule has 0 aliphatic carbocycles. The summed E-state index contributed by atoms with van der Waals surface area (Å²) in [5.74, 6) is -1.07. The SMILES string of the molecule is O=C(O)c1ccc2oc(Cl)cc2n1. The molecule has 13 heavy (non-hydrogen) atoms. The van der Waals surface area contributed by atoms with Gasteiger partial charge in [-0.1, -0.05) is 0 Å². The van der Waals surface area contributed by atoms with Gasteiger partial charge < -0.3 is 9.52 Å². The van der Waals surface area contributed by atoms with Crippen LogP contribution in [-0.2, 0) is 0 Å². The average Bonchev–Trinajstić information content (AvgIpc) is 2.42. The number of furan rings is 1. The minimum atomic E-state index is -1.07. The Hall–Kier alpha value is -1.55. The van der Waals surface area contributed by atoms with E-state index in [1.54, 1.807) is 0 Å². The third-order valence-corrected chi connectivity index (χ3v) is 1.75. The van der Waals surface area contributed by atoms with Crippen LogP contribution in [0.5, 0.6) is 0 Å². The van der Waals surface area contributed by atoms with E-state index < -0.39 is 5.97 Å². The van der Waals surface area contributed by atoms with E-state index in [1.165, 1.54) is 18.2 Å². The normalized spacial score (nSPS) is 10.5. The lowest BCUT2D eigenvalue weighted by Gasteiger charge is -1.91. The van der Waals surface area contributed by atoms with E-state index in [-0.39, 0.29) is 10.9 Å². The molecular formula is C8H4ClNO3. The Morgan fingerprint density at radius 3 is 3.00 bits per heavy atom. The van der Waals surface area contributed by atoms with Crippen LogP contribution >= 0.6 is 11.6 Å². The number of carbonyl (C=O) groups is 1. The van der Waals surface area contributed by atoms with Crippen molar-refractivity contribution in [2.75, 3.05) is 0 Å². The fourth-order valence-electron chi connectivity index (χ4n) is 1.01. The van der Waals surface area contributed by atoms with Crippen LogP contribution in [0.15, 0.2) is 22.6 Å². The first-order valence-corrected chi connectivity index (χ1v) is 3.84. The van der Waals surface area contributed by atoms with E-state index in [9.17, 15) is 4.79 Å². The first-order valence-electron chi connectivity index (χ1n) is 3.46. The zero-order valence-corrected chi connectivity index (χ0v) is 7.08. The molecule has 2 rings (SSSR count). The Morgan fingerprint density at radius 1 is 1.54 bits per heavy atom. The lowest BCUT2D eigenvalue weighted by molar-refractivity contribution is 0.0691. The second kappa shape index (κ2) is 2.74. The van der Waals surface area contributed by atoms with Crippen molar-refractivity contribution in [2.45, 2.75) is 0 Å². The van der Waals surface area contributed by atoms with Gasteiger partial charge in [0.15, 0.2) is 10.8 Å². The topological polar surface area (TPSA) is 63.3 Å². The molecule has 66 valence electrons. The van der Waals surface area contributed by atoms with Crippen LogP contribution in [0, 0.1) is 0 Å². The molecule has 0 saturated carbocycles. The Bertz CT molecular complexity index is 477. The average molecular weight is 198 g/mol. The van der Waals surface area contributed by atoms with E-state index in [2.05, 4.69) is 4.98 Å². The summed E-state index contributed by atoms with van der Waals surface area (Å²) in [5.41, 5.74) is 0.907. The molecule has 0 fully saturated rings. The highest BCUT2D eigenvalue weighted by molar-refractivity contribution is 6.29. The maximum Gasteiger partial charge on any atom is 0.354 e. The molecule has 1 N–H and O–H groups in total. The smallest absolute Gasteiger partial charge is 0.354 e. The van der Waals surface area contributed by atoms with Crippen molar-refractivity contribution in [2.24, 2.45) is 0 Å². The summed E-state index contributed by atoms with van der Waals surface area (Å²) in [4.78, 5) is 14.3. The largest absolute Gasteiger partial charge is 0.477 e. The van der Waals surface area contributed by atoms with Gasteiger partial charge in [0.2, 0.25) is 0 Å². The summed E-state index contributed by atoms with van der Waals surface area (Å²) >= 11 is 5.56. The van der Waals surface area contributed by atoms with E-state index in [0.717, 1.165) is 0 Å². The van der Waals surface area contributed by atoms with Crippen molar-refractivity contribution in [1.82, 2.24) is 4.98 Å². The number of aromatic carboxylic acids is 1. The molecule has 0 atom stereocenters. The second-order valence-electron chi connectivity index (χ2n) is 2.44. The van der Waals surface area contributed by atoms with Gasteiger partial charge in [-0.2, -0.15) is 0 Å². The van der Waals surface area contributed by atoms with Crippen LogP contribution in [0.2, 0.25) is 5.22 Å². The number of halogens is 1. The van der Waals surface area contributed by atoms with Crippen molar-refractivity contribution < 1.29 is 14.3 Å². The van der Waals surface area contributed by atoms with Gasteiger partial charge >= 0.3 is 5.97 Å². The number of carboxylic acids is 1. The maximum atomic E-state index is 10.5. The lowest BCUT2D eigenvalue weighted by atomic mass is 10.3. The molecule has 0 unspecified atom stereocenters. The molecule has 2 heterocycles. The van der Waals surface area contributed by atoms with Crippen molar-refractivity contribution in [3.05, 3.63) is 29.1 Å². The van der Waals surface area contributed by atoms with Crippen LogP contribution in [0.1, 0.15) is 10.5 Å². The van der Waals surface area contributed by atoms with Gasteiger partial charge in [-0.05, 0) is 23.7 Å². The second-order valence-corrected chi connectivity index (χ2v) is 2.81. The number of nitrogens with zero attached hydrogens (tertiary/aromatic N) is 1. The van der Waals surface area contributed by atoms with Crippen molar-refractivity contribution >= 4 is 28.7 Å². The number of rotatable bonds is 1. The van der Waals surface area contributed by atoms with Gasteiger partial charge in [0, 0.05) is 6.07 Å². The fraction of sp³-hybridized carbons (Fsp3) is 0. The molecular weight excluding hydrogens is 194 g/mol. The minimum absolute atomic E-state index is 0.0232. The van der Waals surface area contributed by atoms with Gasteiger partial charge in [0.05, 0.1) is 0 Å². The molecule has 0 aliphatic rings. The third-order valence-electron chi connectivity index (χ3n) is 1.56. The Balaban J connectivity index is 2.67. The molecule has 2 aromatic heterocycles. The number of hydrogen-bond acceptors (Lipinski definition) is 3. The standard InChI is InChI=1S/C8H4ClNO3/c9-7-3-5-6(13-7)2-1-4(10-5)8(11)12/h1-3H,(H,11,12). The Kier molecular flexibility index (Phi) is 1.70. The molecule has 2 aromatic rings. The summed E-state index contributed by atoms with van der Waals surface area (Å²) in [6, 6.07) is 4.37. The lowest BCUT2D eigenvalue weighted by Crippen LogP contribution is -1.98. The van der Waals surface area contributed by atoms with E-state index in [4.69, 9.17) is 21.1 Å². The predicted molar refractivity (Wildman–Crippen MR) is 46.0 cm³/mol. The fourth-order valence-corrected chi connectivity index (χ4v) is 1.20. The first-order chi connectivity index (χ1) is 6.16. The Morgan fingerprint density at radius 2 is 2.31 bits per heavy atom. The number of aromatic nitrogens is 1. The number of hydrogen-bond donors (Lipinski definition) is 1. The third kappa shape index (κ3) is 1.36. The highest BCUT2D eigenvalue weighted by atomic mass is 35.5. The van der Waals surface area contributed by atoms with E-state index in [0.29, 0.717) is 11.1 Å². The zero-order chi connectivity index (χ0) is 9.42. The predicted octanol–water partition coefficient (Wildman–Crippen LogP) is 2.18. The van der Waals surface area contributed by atoms with Gasteiger partial charge in [-0.3, -0.25) is 0 Å². The monoisotopic (exact) mass is 197 g/mol. The van der Waals surface area contributed by atoms with Gasteiger partial charge in [-0.15, -0.1) is 0 Å². The van der Waals surface area contributed by atoms with E-state index in [1.807, 2.05) is 0 Å². The molecule has 0 radical (unpaired) electrons. The summed E-state index contributed by atoms with van der Waals surface area (Å²) < 4.78 is 5.01. The molecule has 0 aliphatic heterocycles. The molecule has 0 amide bonds. The number of pyridine rings is 1. The summed E-state index contributed by atoms with van der Waals surface area (Å²) in [5, 5.41) is 8.82. The van der Waals surface area contributed by atoms with Crippen LogP contribution in [0.25, 0.3) is 11.1 Å². The molecule has 0 aromatic carbocycles. The van der Waals surface area contributed by atoms with Gasteiger partial charge in [-0.25, -0.2) is 9.78 Å². The molecule has 0 saturated heterocycles. The molecule has 4 nitrogen and oxygen atoms in total. The van der Waals surface area contributed by atoms with Crippen LogP contribution in [0.4, 0.5) is 0 Å². The van der Waals surface area contributed by atoms with Crippen molar-refractivity contribution in [3.8, 4) is 0 Å². The summed E-state index contributed by atoms with van der Waals surface area (Å²) in [7, 11) is 0. The van der Waals surface area contributed by atoms with Crippen LogP contribution < -0.4 is 0 Å². The minimum Gasteiger partial charge on any atom is -0.477 e. The first kappa shape index (κ1) is 8.07. The van der Waals surface area contributed by atoms with Gasteiger partial charge in [0.1, 0.15) is 11.2 Å². The highest BCUT2D eigenvalue weighted by Crippen LogP contribution is 2.21. The number of fused-ring (bicyclic) bond motifs is 1. The number of carboxylic acid groups (broad SMARTS) is 1. The quantitative estimate of drug-likeness (QED) is 0.761.